The van der Waals surface area contributed by atoms with Gasteiger partial charge in [0.05, 0.1) is 12.4 Å². The molecule has 1 aliphatic carbocycles. The van der Waals surface area contributed by atoms with Gasteiger partial charge in [0.2, 0.25) is 0 Å². The first-order valence-electron chi connectivity index (χ1n) is 9.51. The predicted molar refractivity (Wildman–Crippen MR) is 111 cm³/mol. The number of ether oxygens (including phenoxy) is 1. The van der Waals surface area contributed by atoms with E-state index in [1.165, 1.54) is 39.6 Å². The lowest BCUT2D eigenvalue weighted by Gasteiger charge is -2.17. The maximum absolute atomic E-state index is 11.2. The maximum atomic E-state index is 11.2. The van der Waals surface area contributed by atoms with Gasteiger partial charge in [0.25, 0.3) is 0 Å². The Hall–Kier alpha value is -1.85. The quantitative estimate of drug-likeness (QED) is 0.730. The molecule has 1 atom stereocenters. The molecule has 2 aromatic rings. The SMILES string of the molecule is CN[C@@H]1CCc2c(-c3c(C)cc(OCCCS(C)(=O)=O)cc3C)cccc21. The van der Waals surface area contributed by atoms with Crippen LogP contribution in [0.1, 0.15) is 41.1 Å². The summed E-state index contributed by atoms with van der Waals surface area (Å²) in [6.45, 7) is 4.65. The number of benzene rings is 2. The van der Waals surface area contributed by atoms with E-state index in [4.69, 9.17) is 4.74 Å². The van der Waals surface area contributed by atoms with Crippen LogP contribution >= 0.6 is 0 Å². The first kappa shape index (κ1) is 19.9. The van der Waals surface area contributed by atoms with Crippen LogP contribution in [0.2, 0.25) is 0 Å². The maximum Gasteiger partial charge on any atom is 0.147 e. The minimum atomic E-state index is -2.94. The van der Waals surface area contributed by atoms with Crippen molar-refractivity contribution in [2.24, 2.45) is 0 Å². The van der Waals surface area contributed by atoms with E-state index in [2.05, 4.69) is 49.5 Å². The number of rotatable bonds is 7. The van der Waals surface area contributed by atoms with Crippen molar-refractivity contribution in [3.63, 3.8) is 0 Å². The number of hydrogen-bond donors (Lipinski definition) is 1. The second kappa shape index (κ2) is 8.03. The topological polar surface area (TPSA) is 55.4 Å². The number of fused-ring (bicyclic) bond motifs is 1. The number of sulfone groups is 1. The van der Waals surface area contributed by atoms with Crippen LogP contribution in [0.5, 0.6) is 5.75 Å². The van der Waals surface area contributed by atoms with E-state index in [0.717, 1.165) is 18.6 Å². The van der Waals surface area contributed by atoms with E-state index in [1.54, 1.807) is 0 Å². The molecular weight excluding hydrogens is 358 g/mol. The average molecular weight is 388 g/mol. The minimum Gasteiger partial charge on any atom is -0.494 e. The van der Waals surface area contributed by atoms with E-state index in [1.807, 2.05) is 7.05 Å². The van der Waals surface area contributed by atoms with Gasteiger partial charge in [-0.15, -0.1) is 0 Å². The van der Waals surface area contributed by atoms with Gasteiger partial charge in [-0.3, -0.25) is 0 Å². The van der Waals surface area contributed by atoms with E-state index in [-0.39, 0.29) is 5.75 Å². The van der Waals surface area contributed by atoms with Crippen molar-refractivity contribution in [2.45, 2.75) is 39.2 Å². The molecule has 3 rings (SSSR count). The second-order valence-corrected chi connectivity index (χ2v) is 9.78. The van der Waals surface area contributed by atoms with Crippen LogP contribution in [0.4, 0.5) is 0 Å². The molecule has 0 saturated heterocycles. The summed E-state index contributed by atoms with van der Waals surface area (Å²) in [7, 11) is -0.909. The highest BCUT2D eigenvalue weighted by Gasteiger charge is 2.24. The number of hydrogen-bond acceptors (Lipinski definition) is 4. The Morgan fingerprint density at radius 2 is 1.89 bits per heavy atom. The third-order valence-corrected chi connectivity index (χ3v) is 6.35. The Labute approximate surface area is 162 Å². The summed E-state index contributed by atoms with van der Waals surface area (Å²) in [6.07, 6.45) is 4.01. The molecule has 0 heterocycles. The van der Waals surface area contributed by atoms with E-state index in [9.17, 15) is 8.42 Å². The summed E-state index contributed by atoms with van der Waals surface area (Å²) in [5, 5.41) is 3.41. The van der Waals surface area contributed by atoms with Gasteiger partial charge in [0.15, 0.2) is 0 Å². The first-order chi connectivity index (χ1) is 12.8. The first-order valence-corrected chi connectivity index (χ1v) is 11.6. The lowest BCUT2D eigenvalue weighted by Crippen LogP contribution is -2.12. The summed E-state index contributed by atoms with van der Waals surface area (Å²) in [5.74, 6) is 0.967. The Balaban J connectivity index is 1.84. The number of nitrogens with one attached hydrogen (secondary N) is 1. The standard InChI is InChI=1S/C22H29NO3S/c1-15-13-17(26-11-6-12-27(4,24)25)14-16(2)22(15)20-8-5-7-19-18(20)9-10-21(19)23-3/h5,7-8,13-14,21,23H,6,9-12H2,1-4H3/t21-/m1/s1. The van der Waals surface area contributed by atoms with Crippen molar-refractivity contribution >= 4 is 9.84 Å². The fourth-order valence-corrected chi connectivity index (χ4v) is 4.77. The molecule has 4 nitrogen and oxygen atoms in total. The van der Waals surface area contributed by atoms with Gasteiger partial charge in [0.1, 0.15) is 15.6 Å². The van der Waals surface area contributed by atoms with Gasteiger partial charge in [0, 0.05) is 12.3 Å². The molecule has 0 amide bonds. The molecule has 5 heteroatoms. The van der Waals surface area contributed by atoms with Crippen LogP contribution in [0.15, 0.2) is 30.3 Å². The predicted octanol–water partition coefficient (Wildman–Crippen LogP) is 3.99. The lowest BCUT2D eigenvalue weighted by molar-refractivity contribution is 0.317. The third kappa shape index (κ3) is 4.53. The Bertz CT molecular complexity index is 912. The molecule has 0 spiro atoms. The van der Waals surface area contributed by atoms with Crippen LogP contribution in [0.25, 0.3) is 11.1 Å². The van der Waals surface area contributed by atoms with E-state index in [0.29, 0.717) is 19.1 Å². The zero-order valence-electron chi connectivity index (χ0n) is 16.6. The van der Waals surface area contributed by atoms with Gasteiger partial charge in [-0.05, 0) is 85.7 Å². The molecule has 0 aliphatic heterocycles. The highest BCUT2D eigenvalue weighted by molar-refractivity contribution is 7.90. The normalized spacial score (nSPS) is 16.4. The molecule has 2 aromatic carbocycles. The second-order valence-electron chi connectivity index (χ2n) is 7.52. The third-order valence-electron chi connectivity index (χ3n) is 5.32. The van der Waals surface area contributed by atoms with Crippen LogP contribution < -0.4 is 10.1 Å². The molecule has 146 valence electrons. The largest absolute Gasteiger partial charge is 0.494 e. The van der Waals surface area contributed by atoms with Crippen molar-refractivity contribution in [1.29, 1.82) is 0 Å². The lowest BCUT2D eigenvalue weighted by atomic mass is 9.90. The van der Waals surface area contributed by atoms with Crippen LogP contribution in [0, 0.1) is 13.8 Å². The molecule has 0 bridgehead atoms. The van der Waals surface area contributed by atoms with Gasteiger partial charge >= 0.3 is 0 Å². The Kier molecular flexibility index (Phi) is 5.92. The molecule has 0 unspecified atom stereocenters. The summed E-state index contributed by atoms with van der Waals surface area (Å²) < 4.78 is 28.3. The summed E-state index contributed by atoms with van der Waals surface area (Å²) in [4.78, 5) is 0. The molecule has 1 N–H and O–H groups in total. The monoisotopic (exact) mass is 387 g/mol. The van der Waals surface area contributed by atoms with Crippen molar-refractivity contribution < 1.29 is 13.2 Å². The van der Waals surface area contributed by atoms with Crippen molar-refractivity contribution in [3.8, 4) is 16.9 Å². The molecule has 0 fully saturated rings. The fourth-order valence-electron chi connectivity index (χ4n) is 4.13. The molecule has 0 aromatic heterocycles. The van der Waals surface area contributed by atoms with Crippen molar-refractivity contribution in [1.82, 2.24) is 5.32 Å². The minimum absolute atomic E-state index is 0.159. The summed E-state index contributed by atoms with van der Waals surface area (Å²) >= 11 is 0. The van der Waals surface area contributed by atoms with Gasteiger partial charge in [-0.1, -0.05) is 18.2 Å². The summed E-state index contributed by atoms with van der Waals surface area (Å²) in [5.41, 5.74) is 7.85. The molecular formula is C22H29NO3S. The van der Waals surface area contributed by atoms with Gasteiger partial charge < -0.3 is 10.1 Å². The molecule has 1 aliphatic rings. The smallest absolute Gasteiger partial charge is 0.147 e. The van der Waals surface area contributed by atoms with Crippen molar-refractivity contribution in [3.05, 3.63) is 52.6 Å². The zero-order chi connectivity index (χ0) is 19.6. The van der Waals surface area contributed by atoms with Crippen LogP contribution in [-0.2, 0) is 16.3 Å². The van der Waals surface area contributed by atoms with Gasteiger partial charge in [-0.2, -0.15) is 0 Å². The Morgan fingerprint density at radius 1 is 1.19 bits per heavy atom. The van der Waals surface area contributed by atoms with Gasteiger partial charge in [-0.25, -0.2) is 8.42 Å². The Morgan fingerprint density at radius 3 is 2.52 bits per heavy atom. The molecule has 27 heavy (non-hydrogen) atoms. The van der Waals surface area contributed by atoms with Crippen LogP contribution in [-0.4, -0.2) is 34.1 Å². The van der Waals surface area contributed by atoms with Crippen molar-refractivity contribution in [2.75, 3.05) is 25.7 Å². The summed E-state index contributed by atoms with van der Waals surface area (Å²) in [6, 6.07) is 11.2. The van der Waals surface area contributed by atoms with E-state index < -0.39 is 9.84 Å². The molecule has 0 saturated carbocycles. The zero-order valence-corrected chi connectivity index (χ0v) is 17.4. The fraction of sp³-hybridized carbons (Fsp3) is 0.455. The number of aryl methyl sites for hydroxylation is 2. The van der Waals surface area contributed by atoms with E-state index >= 15 is 0 Å². The van der Waals surface area contributed by atoms with Crippen LogP contribution in [0.3, 0.4) is 0 Å². The molecule has 0 radical (unpaired) electrons. The highest BCUT2D eigenvalue weighted by Crippen LogP contribution is 2.40. The average Bonchev–Trinajstić information content (AvgIpc) is 3.01. The highest BCUT2D eigenvalue weighted by atomic mass is 32.2.